The minimum absolute atomic E-state index is 0.0592. The standard InChI is InChI=1S/C16H21N3/c1-4-13-6-5-9-18-15(13)16(19-17)14-10-11(2)7-8-12(14)3/h5-10,16,19H,4,17H2,1-3H3. The highest BCUT2D eigenvalue weighted by Gasteiger charge is 2.18. The molecule has 1 aromatic heterocycles. The van der Waals surface area contributed by atoms with E-state index < -0.39 is 0 Å². The van der Waals surface area contributed by atoms with E-state index in [9.17, 15) is 0 Å². The van der Waals surface area contributed by atoms with Crippen LogP contribution in [-0.4, -0.2) is 4.98 Å². The molecule has 0 fully saturated rings. The van der Waals surface area contributed by atoms with E-state index in [0.29, 0.717) is 0 Å². The number of hydrogen-bond acceptors (Lipinski definition) is 3. The average Bonchev–Trinajstić information content (AvgIpc) is 2.44. The van der Waals surface area contributed by atoms with Gasteiger partial charge in [0.25, 0.3) is 0 Å². The van der Waals surface area contributed by atoms with Crippen LogP contribution in [0, 0.1) is 13.8 Å². The van der Waals surface area contributed by atoms with E-state index in [1.807, 2.05) is 12.3 Å². The van der Waals surface area contributed by atoms with Crippen molar-refractivity contribution < 1.29 is 0 Å². The van der Waals surface area contributed by atoms with Crippen molar-refractivity contribution in [1.29, 1.82) is 0 Å². The van der Waals surface area contributed by atoms with E-state index in [-0.39, 0.29) is 6.04 Å². The van der Waals surface area contributed by atoms with Gasteiger partial charge in [0.15, 0.2) is 0 Å². The molecule has 0 bridgehead atoms. The van der Waals surface area contributed by atoms with Crippen LogP contribution in [0.15, 0.2) is 36.5 Å². The minimum atomic E-state index is -0.0592. The number of benzene rings is 1. The SMILES string of the molecule is CCc1cccnc1C(NN)c1cc(C)ccc1C. The normalized spacial score (nSPS) is 12.4. The predicted molar refractivity (Wildman–Crippen MR) is 78.7 cm³/mol. The molecule has 19 heavy (non-hydrogen) atoms. The van der Waals surface area contributed by atoms with Gasteiger partial charge in [-0.2, -0.15) is 0 Å². The molecular formula is C16H21N3. The zero-order valence-electron chi connectivity index (χ0n) is 11.8. The van der Waals surface area contributed by atoms with Crippen molar-refractivity contribution in [3.63, 3.8) is 0 Å². The smallest absolute Gasteiger partial charge is 0.0886 e. The summed E-state index contributed by atoms with van der Waals surface area (Å²) >= 11 is 0. The van der Waals surface area contributed by atoms with Crippen molar-refractivity contribution in [3.8, 4) is 0 Å². The van der Waals surface area contributed by atoms with Crippen LogP contribution >= 0.6 is 0 Å². The maximum atomic E-state index is 5.79. The fraction of sp³-hybridized carbons (Fsp3) is 0.312. The zero-order valence-corrected chi connectivity index (χ0v) is 11.8. The second kappa shape index (κ2) is 5.95. The van der Waals surface area contributed by atoms with Gasteiger partial charge in [0.2, 0.25) is 0 Å². The first-order chi connectivity index (χ1) is 9.17. The third kappa shape index (κ3) is 2.83. The average molecular weight is 255 g/mol. The molecule has 0 aliphatic carbocycles. The van der Waals surface area contributed by atoms with Gasteiger partial charge < -0.3 is 0 Å². The summed E-state index contributed by atoms with van der Waals surface area (Å²) in [5.74, 6) is 5.79. The highest BCUT2D eigenvalue weighted by Crippen LogP contribution is 2.26. The van der Waals surface area contributed by atoms with E-state index in [1.165, 1.54) is 22.3 Å². The second-order valence-corrected chi connectivity index (χ2v) is 4.86. The molecule has 100 valence electrons. The van der Waals surface area contributed by atoms with E-state index in [0.717, 1.165) is 12.1 Å². The molecule has 1 aromatic carbocycles. The van der Waals surface area contributed by atoms with Gasteiger partial charge in [-0.05, 0) is 43.0 Å². The van der Waals surface area contributed by atoms with Gasteiger partial charge in [-0.25, -0.2) is 5.43 Å². The van der Waals surface area contributed by atoms with Gasteiger partial charge in [0.05, 0.1) is 11.7 Å². The maximum absolute atomic E-state index is 5.79. The molecule has 1 atom stereocenters. The Balaban J connectivity index is 2.53. The molecule has 2 aromatic rings. The largest absolute Gasteiger partial charge is 0.271 e. The molecule has 0 aliphatic heterocycles. The summed E-state index contributed by atoms with van der Waals surface area (Å²) in [7, 11) is 0. The summed E-state index contributed by atoms with van der Waals surface area (Å²) in [6.45, 7) is 6.33. The Hall–Kier alpha value is -1.71. The van der Waals surface area contributed by atoms with Crippen molar-refractivity contribution in [3.05, 3.63) is 64.5 Å². The molecule has 1 heterocycles. The fourth-order valence-corrected chi connectivity index (χ4v) is 2.40. The van der Waals surface area contributed by atoms with E-state index in [4.69, 9.17) is 5.84 Å². The third-order valence-electron chi connectivity index (χ3n) is 3.49. The van der Waals surface area contributed by atoms with Crippen molar-refractivity contribution >= 4 is 0 Å². The Bertz CT molecular complexity index is 564. The molecular weight excluding hydrogens is 234 g/mol. The third-order valence-corrected chi connectivity index (χ3v) is 3.49. The van der Waals surface area contributed by atoms with Crippen LogP contribution in [0.25, 0.3) is 0 Å². The summed E-state index contributed by atoms with van der Waals surface area (Å²) in [5, 5.41) is 0. The first kappa shape index (κ1) is 13.7. The van der Waals surface area contributed by atoms with Crippen molar-refractivity contribution in [2.24, 2.45) is 5.84 Å². The number of aryl methyl sites for hydroxylation is 3. The van der Waals surface area contributed by atoms with Crippen LogP contribution < -0.4 is 11.3 Å². The highest BCUT2D eigenvalue weighted by atomic mass is 15.2. The topological polar surface area (TPSA) is 50.9 Å². The van der Waals surface area contributed by atoms with Crippen LogP contribution in [0.2, 0.25) is 0 Å². The van der Waals surface area contributed by atoms with Gasteiger partial charge in [0, 0.05) is 6.20 Å². The molecule has 0 saturated carbocycles. The number of pyridine rings is 1. The Morgan fingerprint density at radius 3 is 2.74 bits per heavy atom. The summed E-state index contributed by atoms with van der Waals surface area (Å²) in [4.78, 5) is 4.53. The van der Waals surface area contributed by atoms with Crippen LogP contribution in [0.5, 0.6) is 0 Å². The molecule has 0 aliphatic rings. The van der Waals surface area contributed by atoms with Crippen molar-refractivity contribution in [1.82, 2.24) is 10.4 Å². The monoisotopic (exact) mass is 255 g/mol. The summed E-state index contributed by atoms with van der Waals surface area (Å²) in [5.41, 5.74) is 8.80. The van der Waals surface area contributed by atoms with E-state index in [2.05, 4.69) is 55.4 Å². The van der Waals surface area contributed by atoms with Gasteiger partial charge in [0.1, 0.15) is 0 Å². The highest BCUT2D eigenvalue weighted by molar-refractivity contribution is 5.39. The lowest BCUT2D eigenvalue weighted by atomic mass is 9.94. The quantitative estimate of drug-likeness (QED) is 0.652. The lowest BCUT2D eigenvalue weighted by Gasteiger charge is -2.21. The molecule has 0 spiro atoms. The molecule has 3 nitrogen and oxygen atoms in total. The van der Waals surface area contributed by atoms with Crippen molar-refractivity contribution in [2.75, 3.05) is 0 Å². The number of aromatic nitrogens is 1. The number of hydrogen-bond donors (Lipinski definition) is 2. The van der Waals surface area contributed by atoms with Crippen LogP contribution in [0.1, 0.15) is 40.9 Å². The molecule has 1 unspecified atom stereocenters. The van der Waals surface area contributed by atoms with Gasteiger partial charge >= 0.3 is 0 Å². The zero-order chi connectivity index (χ0) is 13.8. The lowest BCUT2D eigenvalue weighted by molar-refractivity contribution is 0.611. The summed E-state index contributed by atoms with van der Waals surface area (Å²) in [6.07, 6.45) is 2.77. The first-order valence-electron chi connectivity index (χ1n) is 6.64. The lowest BCUT2D eigenvalue weighted by Crippen LogP contribution is -2.31. The van der Waals surface area contributed by atoms with E-state index >= 15 is 0 Å². The number of nitrogens with two attached hydrogens (primary N) is 1. The maximum Gasteiger partial charge on any atom is 0.0886 e. The fourth-order valence-electron chi connectivity index (χ4n) is 2.40. The van der Waals surface area contributed by atoms with Gasteiger partial charge in [-0.1, -0.05) is 36.8 Å². The summed E-state index contributed by atoms with van der Waals surface area (Å²) in [6, 6.07) is 10.4. The van der Waals surface area contributed by atoms with E-state index in [1.54, 1.807) is 0 Å². The molecule has 0 amide bonds. The number of nitrogens with zero attached hydrogens (tertiary/aromatic N) is 1. The Kier molecular flexibility index (Phi) is 4.30. The second-order valence-electron chi connectivity index (χ2n) is 4.86. The molecule has 0 saturated heterocycles. The molecule has 3 heteroatoms. The predicted octanol–water partition coefficient (Wildman–Crippen LogP) is 2.81. The molecule has 2 rings (SSSR count). The Morgan fingerprint density at radius 2 is 2.05 bits per heavy atom. The van der Waals surface area contributed by atoms with Crippen LogP contribution in [0.3, 0.4) is 0 Å². The Morgan fingerprint density at radius 1 is 1.26 bits per heavy atom. The van der Waals surface area contributed by atoms with Crippen LogP contribution in [0.4, 0.5) is 0 Å². The molecule has 3 N–H and O–H groups in total. The van der Waals surface area contributed by atoms with Gasteiger partial charge in [-0.15, -0.1) is 0 Å². The number of nitrogens with one attached hydrogen (secondary N) is 1. The van der Waals surface area contributed by atoms with Crippen molar-refractivity contribution in [2.45, 2.75) is 33.2 Å². The summed E-state index contributed by atoms with van der Waals surface area (Å²) < 4.78 is 0. The Labute approximate surface area is 114 Å². The van der Waals surface area contributed by atoms with Gasteiger partial charge in [-0.3, -0.25) is 10.8 Å². The van der Waals surface area contributed by atoms with Crippen LogP contribution in [-0.2, 0) is 6.42 Å². The molecule has 0 radical (unpaired) electrons. The first-order valence-corrected chi connectivity index (χ1v) is 6.64. The minimum Gasteiger partial charge on any atom is -0.271 e. The number of hydrazine groups is 1. The number of rotatable bonds is 4.